The van der Waals surface area contributed by atoms with Crippen molar-refractivity contribution in [3.05, 3.63) is 87.4 Å². The molecule has 0 heterocycles. The predicted molar refractivity (Wildman–Crippen MR) is 124 cm³/mol. The van der Waals surface area contributed by atoms with Crippen molar-refractivity contribution in [2.24, 2.45) is 0 Å². The summed E-state index contributed by atoms with van der Waals surface area (Å²) < 4.78 is 0.988. The quantitative estimate of drug-likeness (QED) is 0.424. The highest BCUT2D eigenvalue weighted by Gasteiger charge is 2.43. The number of benzene rings is 3. The molecular formula is C25H26BBrO. The van der Waals surface area contributed by atoms with Gasteiger partial charge in [0.2, 0.25) is 0 Å². The summed E-state index contributed by atoms with van der Waals surface area (Å²) in [6, 6.07) is 21.2. The second-order valence-corrected chi connectivity index (χ2v) is 8.87. The van der Waals surface area contributed by atoms with Gasteiger partial charge in [-0.3, -0.25) is 0 Å². The van der Waals surface area contributed by atoms with Crippen LogP contribution in [-0.4, -0.2) is 13.0 Å². The average Bonchev–Trinajstić information content (AvgIpc) is 2.94. The van der Waals surface area contributed by atoms with Gasteiger partial charge in [0.1, 0.15) is 13.4 Å². The molecule has 0 fully saturated rings. The zero-order valence-corrected chi connectivity index (χ0v) is 18.2. The zero-order chi connectivity index (χ0) is 19.7. The maximum absolute atomic E-state index is 12.0. The topological polar surface area (TPSA) is 20.2 Å². The molecule has 0 amide bonds. The van der Waals surface area contributed by atoms with E-state index in [9.17, 15) is 5.11 Å². The van der Waals surface area contributed by atoms with Gasteiger partial charge in [0.05, 0.1) is 0 Å². The SMILES string of the molecule is Bc1ccc2c(c1)C(O)(c1ccc(CCCCCC)cc1)c1cc(Br)ccc1-2. The van der Waals surface area contributed by atoms with Gasteiger partial charge in [-0.1, -0.05) is 96.1 Å². The van der Waals surface area contributed by atoms with Gasteiger partial charge in [0, 0.05) is 10.0 Å². The van der Waals surface area contributed by atoms with Crippen LogP contribution in [0, 0.1) is 0 Å². The van der Waals surface area contributed by atoms with Crippen LogP contribution in [0.15, 0.2) is 65.1 Å². The number of halogens is 1. The highest BCUT2D eigenvalue weighted by atomic mass is 79.9. The lowest BCUT2D eigenvalue weighted by Crippen LogP contribution is -2.27. The summed E-state index contributed by atoms with van der Waals surface area (Å²) in [5.41, 5.74) is 6.52. The minimum atomic E-state index is -1.11. The van der Waals surface area contributed by atoms with E-state index >= 15 is 0 Å². The minimum absolute atomic E-state index is 0.938. The molecule has 0 aromatic heterocycles. The lowest BCUT2D eigenvalue weighted by molar-refractivity contribution is 0.131. The van der Waals surface area contributed by atoms with Gasteiger partial charge in [0.25, 0.3) is 0 Å². The third-order valence-corrected chi connectivity index (χ3v) is 6.41. The molecule has 142 valence electrons. The smallest absolute Gasteiger partial charge is 0.141 e. The van der Waals surface area contributed by atoms with Crippen LogP contribution in [0.1, 0.15) is 54.9 Å². The molecule has 0 bridgehead atoms. The van der Waals surface area contributed by atoms with Crippen LogP contribution in [0.25, 0.3) is 11.1 Å². The van der Waals surface area contributed by atoms with Gasteiger partial charge in [-0.25, -0.2) is 0 Å². The number of hydrogen-bond acceptors (Lipinski definition) is 1. The molecular weight excluding hydrogens is 407 g/mol. The molecule has 1 atom stereocenters. The van der Waals surface area contributed by atoms with Crippen LogP contribution in [0.5, 0.6) is 0 Å². The van der Waals surface area contributed by atoms with E-state index in [-0.39, 0.29) is 0 Å². The van der Waals surface area contributed by atoms with Gasteiger partial charge < -0.3 is 5.11 Å². The first-order valence-electron chi connectivity index (χ1n) is 10.3. The molecule has 0 spiro atoms. The number of unbranched alkanes of at least 4 members (excludes halogenated alkanes) is 3. The predicted octanol–water partition coefficient (Wildman–Crippen LogP) is 5.09. The second kappa shape index (κ2) is 7.89. The Balaban J connectivity index is 1.74. The van der Waals surface area contributed by atoms with Crippen molar-refractivity contribution < 1.29 is 5.11 Å². The van der Waals surface area contributed by atoms with Crippen LogP contribution in [0.4, 0.5) is 0 Å². The molecule has 0 aliphatic heterocycles. The van der Waals surface area contributed by atoms with Crippen LogP contribution in [0.2, 0.25) is 0 Å². The molecule has 1 aliphatic carbocycles. The number of fused-ring (bicyclic) bond motifs is 3. The van der Waals surface area contributed by atoms with E-state index in [1.807, 2.05) is 6.07 Å². The molecule has 3 aromatic carbocycles. The summed E-state index contributed by atoms with van der Waals surface area (Å²) in [6.45, 7) is 2.24. The van der Waals surface area contributed by atoms with Crippen molar-refractivity contribution in [3.8, 4) is 11.1 Å². The van der Waals surface area contributed by atoms with E-state index in [0.29, 0.717) is 0 Å². The first kappa shape index (κ1) is 19.5. The molecule has 0 saturated carbocycles. The van der Waals surface area contributed by atoms with E-state index in [1.54, 1.807) is 0 Å². The molecule has 3 heteroatoms. The van der Waals surface area contributed by atoms with Gasteiger partial charge in [0.15, 0.2) is 0 Å². The largest absolute Gasteiger partial charge is 0.376 e. The van der Waals surface area contributed by atoms with Crippen molar-refractivity contribution in [2.75, 3.05) is 0 Å². The molecule has 4 rings (SSSR count). The summed E-state index contributed by atoms with van der Waals surface area (Å²) in [6.07, 6.45) is 6.20. The number of rotatable bonds is 6. The highest BCUT2D eigenvalue weighted by Crippen LogP contribution is 2.51. The fraction of sp³-hybridized carbons (Fsp3) is 0.280. The third kappa shape index (κ3) is 3.36. The fourth-order valence-electron chi connectivity index (χ4n) is 4.37. The molecule has 1 aliphatic rings. The number of hydrogen-bond donors (Lipinski definition) is 1. The number of aliphatic hydroxyl groups is 1. The standard InChI is InChI=1S/C25H26BBrO/c1-2-3-4-5-6-17-7-9-18(10-8-17)25(28)23-15-19(26)11-13-21(23)22-14-12-20(27)16-24(22)25/h7-16,28H,2-6,26H2,1H3. The molecule has 0 radical (unpaired) electrons. The molecule has 1 nitrogen and oxygen atoms in total. The Morgan fingerprint density at radius 3 is 2.25 bits per heavy atom. The third-order valence-electron chi connectivity index (χ3n) is 5.92. The lowest BCUT2D eigenvalue weighted by atomic mass is 9.81. The first-order chi connectivity index (χ1) is 13.5. The van der Waals surface area contributed by atoms with E-state index in [0.717, 1.165) is 44.2 Å². The molecule has 3 aromatic rings. The number of aryl methyl sites for hydroxylation is 1. The van der Waals surface area contributed by atoms with Crippen molar-refractivity contribution in [3.63, 3.8) is 0 Å². The average molecular weight is 433 g/mol. The van der Waals surface area contributed by atoms with Gasteiger partial charge in [-0.15, -0.1) is 0 Å². The fourth-order valence-corrected chi connectivity index (χ4v) is 4.73. The summed E-state index contributed by atoms with van der Waals surface area (Å²) in [7, 11) is 2.08. The second-order valence-electron chi connectivity index (χ2n) is 7.96. The normalized spacial score (nSPS) is 17.4. The zero-order valence-electron chi connectivity index (χ0n) is 16.6. The van der Waals surface area contributed by atoms with Gasteiger partial charge in [-0.2, -0.15) is 0 Å². The van der Waals surface area contributed by atoms with Crippen molar-refractivity contribution in [2.45, 2.75) is 44.6 Å². The summed E-state index contributed by atoms with van der Waals surface area (Å²) in [5, 5.41) is 12.0. The Morgan fingerprint density at radius 2 is 1.54 bits per heavy atom. The Labute approximate surface area is 177 Å². The monoisotopic (exact) mass is 432 g/mol. The Kier molecular flexibility index (Phi) is 5.49. The van der Waals surface area contributed by atoms with Crippen molar-refractivity contribution in [1.82, 2.24) is 0 Å². The van der Waals surface area contributed by atoms with E-state index in [2.05, 4.69) is 85.3 Å². The minimum Gasteiger partial charge on any atom is -0.376 e. The molecule has 0 saturated heterocycles. The lowest BCUT2D eigenvalue weighted by Gasteiger charge is -2.27. The van der Waals surface area contributed by atoms with Crippen LogP contribution >= 0.6 is 15.9 Å². The summed E-state index contributed by atoms with van der Waals surface area (Å²) in [5.74, 6) is 0. The van der Waals surface area contributed by atoms with Crippen LogP contribution in [0.3, 0.4) is 0 Å². The molecule has 28 heavy (non-hydrogen) atoms. The molecule has 1 N–H and O–H groups in total. The maximum atomic E-state index is 12.0. The maximum Gasteiger partial charge on any atom is 0.141 e. The summed E-state index contributed by atoms with van der Waals surface area (Å²) in [4.78, 5) is 0. The van der Waals surface area contributed by atoms with E-state index in [4.69, 9.17) is 0 Å². The Bertz CT molecular complexity index is 942. The van der Waals surface area contributed by atoms with Crippen molar-refractivity contribution in [1.29, 1.82) is 0 Å². The highest BCUT2D eigenvalue weighted by molar-refractivity contribution is 9.10. The van der Waals surface area contributed by atoms with E-state index in [1.165, 1.54) is 31.2 Å². The molecule has 1 unspecified atom stereocenters. The Morgan fingerprint density at radius 1 is 0.857 bits per heavy atom. The first-order valence-corrected chi connectivity index (χ1v) is 11.1. The summed E-state index contributed by atoms with van der Waals surface area (Å²) >= 11 is 3.59. The van der Waals surface area contributed by atoms with Gasteiger partial charge in [-0.05, 0) is 52.8 Å². The van der Waals surface area contributed by atoms with Crippen LogP contribution in [-0.2, 0) is 12.0 Å². The van der Waals surface area contributed by atoms with Gasteiger partial charge >= 0.3 is 0 Å². The van der Waals surface area contributed by atoms with Crippen molar-refractivity contribution >= 4 is 29.2 Å². The van der Waals surface area contributed by atoms with Crippen LogP contribution < -0.4 is 5.46 Å². The van der Waals surface area contributed by atoms with E-state index < -0.39 is 5.60 Å². The Hall–Kier alpha value is -1.84.